The quantitative estimate of drug-likeness (QED) is 0.553. The Balaban J connectivity index is 1.70. The van der Waals surface area contributed by atoms with Crippen LogP contribution in [0, 0.1) is 0 Å². The summed E-state index contributed by atoms with van der Waals surface area (Å²) in [5, 5.41) is 11.2. The third kappa shape index (κ3) is 1.87. The molecular formula is C16H12N4. The van der Waals surface area contributed by atoms with Crippen molar-refractivity contribution in [3.05, 3.63) is 60.9 Å². The minimum absolute atomic E-state index is 0.989. The van der Waals surface area contributed by atoms with Gasteiger partial charge in [0.05, 0.1) is 11.0 Å². The highest BCUT2D eigenvalue weighted by atomic mass is 15.3. The summed E-state index contributed by atoms with van der Waals surface area (Å²) in [7, 11) is 0. The van der Waals surface area contributed by atoms with Crippen LogP contribution in [0.2, 0.25) is 0 Å². The van der Waals surface area contributed by atoms with E-state index >= 15 is 0 Å². The Morgan fingerprint density at radius 3 is 1.55 bits per heavy atom. The Bertz CT molecular complexity index is 772. The molecule has 96 valence electrons. The molecule has 0 aliphatic carbocycles. The Hall–Kier alpha value is -2.88. The SMILES string of the molecule is C(=Cn1cc2ccccc2n1)n1cc2ccccc2n1. The van der Waals surface area contributed by atoms with Crippen molar-refractivity contribution in [3.63, 3.8) is 0 Å². The van der Waals surface area contributed by atoms with Crippen molar-refractivity contribution in [2.24, 2.45) is 0 Å². The van der Waals surface area contributed by atoms with Crippen LogP contribution in [0.25, 0.3) is 34.2 Å². The molecule has 0 amide bonds. The number of hydrogen-bond acceptors (Lipinski definition) is 2. The van der Waals surface area contributed by atoms with Gasteiger partial charge in [-0.05, 0) is 12.1 Å². The van der Waals surface area contributed by atoms with Gasteiger partial charge in [-0.15, -0.1) is 0 Å². The lowest BCUT2D eigenvalue weighted by atomic mass is 10.3. The summed E-state index contributed by atoms with van der Waals surface area (Å²) in [6, 6.07) is 16.1. The number of rotatable bonds is 2. The second kappa shape index (κ2) is 4.35. The molecule has 0 aliphatic heterocycles. The number of nitrogens with zero attached hydrogens (tertiary/aromatic N) is 4. The van der Waals surface area contributed by atoms with Gasteiger partial charge in [0.2, 0.25) is 0 Å². The van der Waals surface area contributed by atoms with Crippen molar-refractivity contribution < 1.29 is 0 Å². The number of hydrogen-bond donors (Lipinski definition) is 0. The molecule has 0 atom stereocenters. The zero-order chi connectivity index (χ0) is 13.4. The molecule has 0 aliphatic rings. The first kappa shape index (κ1) is 11.0. The molecule has 4 heteroatoms. The fraction of sp³-hybridized carbons (Fsp3) is 0. The average Bonchev–Trinajstić information content (AvgIpc) is 3.07. The lowest BCUT2D eigenvalue weighted by molar-refractivity contribution is 0.924. The molecule has 0 bridgehead atoms. The lowest BCUT2D eigenvalue weighted by Gasteiger charge is -1.91. The van der Waals surface area contributed by atoms with Crippen LogP contribution >= 0.6 is 0 Å². The number of fused-ring (bicyclic) bond motifs is 2. The number of aromatic nitrogens is 4. The predicted octanol–water partition coefficient (Wildman–Crippen LogP) is 3.47. The Morgan fingerprint density at radius 2 is 1.10 bits per heavy atom. The maximum absolute atomic E-state index is 4.47. The zero-order valence-electron chi connectivity index (χ0n) is 10.7. The Kier molecular flexibility index (Phi) is 2.39. The van der Waals surface area contributed by atoms with Gasteiger partial charge in [0.1, 0.15) is 0 Å². The molecule has 2 aromatic carbocycles. The van der Waals surface area contributed by atoms with Crippen molar-refractivity contribution in [1.82, 2.24) is 19.6 Å². The van der Waals surface area contributed by atoms with E-state index in [4.69, 9.17) is 0 Å². The summed E-state index contributed by atoms with van der Waals surface area (Å²) in [4.78, 5) is 0. The Morgan fingerprint density at radius 1 is 0.650 bits per heavy atom. The van der Waals surface area contributed by atoms with Crippen LogP contribution in [0.5, 0.6) is 0 Å². The molecule has 0 radical (unpaired) electrons. The normalized spacial score (nSPS) is 11.8. The van der Waals surface area contributed by atoms with Gasteiger partial charge >= 0.3 is 0 Å². The minimum Gasteiger partial charge on any atom is -0.245 e. The molecule has 0 N–H and O–H groups in total. The van der Waals surface area contributed by atoms with Crippen LogP contribution in [-0.2, 0) is 0 Å². The predicted molar refractivity (Wildman–Crippen MR) is 81.0 cm³/mol. The van der Waals surface area contributed by atoms with Gasteiger partial charge in [0.25, 0.3) is 0 Å². The highest BCUT2D eigenvalue weighted by Gasteiger charge is 1.98. The first-order valence-corrected chi connectivity index (χ1v) is 6.45. The van der Waals surface area contributed by atoms with Crippen molar-refractivity contribution in [1.29, 1.82) is 0 Å². The van der Waals surface area contributed by atoms with Crippen LogP contribution in [0.4, 0.5) is 0 Å². The smallest absolute Gasteiger partial charge is 0.0927 e. The van der Waals surface area contributed by atoms with Gasteiger partial charge < -0.3 is 0 Å². The van der Waals surface area contributed by atoms with Crippen LogP contribution in [0.3, 0.4) is 0 Å². The average molecular weight is 260 g/mol. The molecule has 4 aromatic rings. The molecule has 2 heterocycles. The van der Waals surface area contributed by atoms with Crippen LogP contribution in [-0.4, -0.2) is 19.6 Å². The standard InChI is InChI=1S/C16H12N4/c1-3-7-15-13(5-1)11-19(17-15)9-10-20-12-14-6-2-4-8-16(14)18-20/h1-12H. The fourth-order valence-corrected chi connectivity index (χ4v) is 2.26. The van der Waals surface area contributed by atoms with Crippen molar-refractivity contribution in [2.75, 3.05) is 0 Å². The zero-order valence-corrected chi connectivity index (χ0v) is 10.7. The van der Waals surface area contributed by atoms with E-state index in [2.05, 4.69) is 22.3 Å². The molecule has 0 spiro atoms. The summed E-state index contributed by atoms with van der Waals surface area (Å²) in [5.41, 5.74) is 1.98. The lowest BCUT2D eigenvalue weighted by Crippen LogP contribution is -1.90. The maximum atomic E-state index is 4.47. The molecule has 0 unspecified atom stereocenters. The largest absolute Gasteiger partial charge is 0.245 e. The molecule has 0 fully saturated rings. The highest BCUT2D eigenvalue weighted by molar-refractivity contribution is 5.79. The first-order chi connectivity index (χ1) is 9.88. The van der Waals surface area contributed by atoms with E-state index < -0.39 is 0 Å². The van der Waals surface area contributed by atoms with Gasteiger partial charge in [-0.25, -0.2) is 9.36 Å². The molecule has 4 nitrogen and oxygen atoms in total. The monoisotopic (exact) mass is 260 g/mol. The number of benzene rings is 2. The van der Waals surface area contributed by atoms with Crippen molar-refractivity contribution >= 4 is 34.2 Å². The molecule has 2 aromatic heterocycles. The Labute approximate surface area is 115 Å². The molecule has 0 saturated carbocycles. The molecule has 20 heavy (non-hydrogen) atoms. The molecule has 4 rings (SSSR count). The van der Waals surface area contributed by atoms with Gasteiger partial charge in [-0.1, -0.05) is 36.4 Å². The summed E-state index contributed by atoms with van der Waals surface area (Å²) in [6.45, 7) is 0. The third-order valence-corrected chi connectivity index (χ3v) is 3.23. The van der Waals surface area contributed by atoms with Gasteiger partial charge in [-0.3, -0.25) is 0 Å². The van der Waals surface area contributed by atoms with E-state index in [0.29, 0.717) is 0 Å². The highest BCUT2D eigenvalue weighted by Crippen LogP contribution is 2.13. The summed E-state index contributed by atoms with van der Waals surface area (Å²) < 4.78 is 3.61. The van der Waals surface area contributed by atoms with Crippen molar-refractivity contribution in [3.8, 4) is 0 Å². The van der Waals surface area contributed by atoms with Gasteiger partial charge in [0.15, 0.2) is 0 Å². The van der Waals surface area contributed by atoms with E-state index in [1.165, 1.54) is 0 Å². The maximum Gasteiger partial charge on any atom is 0.0927 e. The first-order valence-electron chi connectivity index (χ1n) is 6.45. The molecule has 0 saturated heterocycles. The molecular weight excluding hydrogens is 248 g/mol. The minimum atomic E-state index is 0.989. The summed E-state index contributed by atoms with van der Waals surface area (Å²) in [5.74, 6) is 0. The van der Waals surface area contributed by atoms with E-state index in [9.17, 15) is 0 Å². The van der Waals surface area contributed by atoms with Crippen LogP contribution < -0.4 is 0 Å². The fourth-order valence-electron chi connectivity index (χ4n) is 2.26. The van der Waals surface area contributed by atoms with E-state index in [1.54, 1.807) is 9.36 Å². The van der Waals surface area contributed by atoms with Gasteiger partial charge in [0, 0.05) is 35.6 Å². The van der Waals surface area contributed by atoms with Gasteiger partial charge in [-0.2, -0.15) is 10.2 Å². The second-order valence-corrected chi connectivity index (χ2v) is 4.63. The summed E-state index contributed by atoms with van der Waals surface area (Å²) in [6.07, 6.45) is 7.78. The third-order valence-electron chi connectivity index (χ3n) is 3.23. The van der Waals surface area contributed by atoms with Crippen LogP contribution in [0.15, 0.2) is 60.9 Å². The van der Waals surface area contributed by atoms with Crippen molar-refractivity contribution in [2.45, 2.75) is 0 Å². The van der Waals surface area contributed by atoms with E-state index in [-0.39, 0.29) is 0 Å². The topological polar surface area (TPSA) is 35.6 Å². The van der Waals surface area contributed by atoms with E-state index in [1.807, 2.05) is 61.2 Å². The summed E-state index contributed by atoms with van der Waals surface area (Å²) >= 11 is 0. The van der Waals surface area contributed by atoms with E-state index in [0.717, 1.165) is 21.8 Å². The van der Waals surface area contributed by atoms with Crippen LogP contribution in [0.1, 0.15) is 0 Å². The second-order valence-electron chi connectivity index (χ2n) is 4.63.